The molecule has 3 aliphatic rings. The average Bonchev–Trinajstić information content (AvgIpc) is 2.65. The van der Waals surface area contributed by atoms with Crippen molar-refractivity contribution in [2.75, 3.05) is 0 Å². The van der Waals surface area contributed by atoms with Crippen molar-refractivity contribution in [1.82, 2.24) is 0 Å². The Kier molecular flexibility index (Phi) is 8.92. The van der Waals surface area contributed by atoms with Crippen molar-refractivity contribution in [3.63, 3.8) is 0 Å². The molecule has 0 spiro atoms. The Labute approximate surface area is 156 Å². The zero-order valence-electron chi connectivity index (χ0n) is 16.8. The number of nitrogens with two attached hydrogens (primary N) is 2. The third-order valence-corrected chi connectivity index (χ3v) is 7.36. The largest absolute Gasteiger partial charge is 0.327 e. The van der Waals surface area contributed by atoms with Crippen LogP contribution in [0, 0.1) is 29.1 Å². The standard InChI is InChI=1S/C12H21N.C10H22N2/c13-12-8-6-11(7-9-12)10-4-2-1-3-5-10;1-3-7-5-10(12)8(4-2)6-9(7)11/h10-11,13H,1-9H2;7-10H,3-6,11-12H2,1-2H3. The molecule has 0 aromatic heterocycles. The van der Waals surface area contributed by atoms with Crippen molar-refractivity contribution in [1.29, 1.82) is 5.41 Å². The summed E-state index contributed by atoms with van der Waals surface area (Å²) in [6, 6.07) is 0.805. The van der Waals surface area contributed by atoms with Crippen LogP contribution in [0.25, 0.3) is 0 Å². The van der Waals surface area contributed by atoms with Crippen LogP contribution in [0.2, 0.25) is 0 Å². The molecule has 3 rings (SSSR count). The predicted octanol–water partition coefficient (Wildman–Crippen LogP) is 5.26. The minimum atomic E-state index is 0.403. The first kappa shape index (κ1) is 20.9. The van der Waals surface area contributed by atoms with Gasteiger partial charge in [-0.1, -0.05) is 58.8 Å². The van der Waals surface area contributed by atoms with E-state index in [9.17, 15) is 0 Å². The third kappa shape index (κ3) is 6.36. The molecule has 0 aliphatic heterocycles. The summed E-state index contributed by atoms with van der Waals surface area (Å²) in [7, 11) is 0. The Bertz CT molecular complexity index is 363. The zero-order valence-corrected chi connectivity index (χ0v) is 16.8. The Morgan fingerprint density at radius 1 is 0.760 bits per heavy atom. The van der Waals surface area contributed by atoms with E-state index in [1.165, 1.54) is 57.8 Å². The maximum absolute atomic E-state index is 7.59. The molecule has 4 atom stereocenters. The molecule has 0 aromatic rings. The van der Waals surface area contributed by atoms with E-state index in [0.29, 0.717) is 23.9 Å². The SMILES string of the molecule is CCC1CC(N)C(CC)CC1N.N=C1CCC(C2CCCCC2)CC1. The van der Waals surface area contributed by atoms with Gasteiger partial charge in [-0.3, -0.25) is 0 Å². The minimum Gasteiger partial charge on any atom is -0.327 e. The van der Waals surface area contributed by atoms with E-state index >= 15 is 0 Å². The second kappa shape index (κ2) is 10.7. The van der Waals surface area contributed by atoms with Crippen molar-refractivity contribution in [3.8, 4) is 0 Å². The Balaban J connectivity index is 0.000000181. The first-order valence-electron chi connectivity index (χ1n) is 11.1. The Hall–Kier alpha value is -0.410. The lowest BCUT2D eigenvalue weighted by Crippen LogP contribution is -2.46. The predicted molar refractivity (Wildman–Crippen MR) is 109 cm³/mol. The lowest BCUT2D eigenvalue weighted by Gasteiger charge is -2.37. The van der Waals surface area contributed by atoms with E-state index in [1.807, 2.05) is 0 Å². The first-order valence-corrected chi connectivity index (χ1v) is 11.1. The van der Waals surface area contributed by atoms with Gasteiger partial charge in [0.25, 0.3) is 0 Å². The van der Waals surface area contributed by atoms with Gasteiger partial charge in [-0.15, -0.1) is 0 Å². The summed E-state index contributed by atoms with van der Waals surface area (Å²) in [6.07, 6.45) is 16.9. The highest BCUT2D eigenvalue weighted by Gasteiger charge is 2.31. The van der Waals surface area contributed by atoms with Crippen molar-refractivity contribution in [2.24, 2.45) is 35.1 Å². The van der Waals surface area contributed by atoms with Gasteiger partial charge in [0.2, 0.25) is 0 Å². The maximum atomic E-state index is 7.59. The summed E-state index contributed by atoms with van der Waals surface area (Å²) in [5, 5.41) is 7.59. The highest BCUT2D eigenvalue weighted by molar-refractivity contribution is 5.81. The van der Waals surface area contributed by atoms with Crippen LogP contribution in [0.15, 0.2) is 0 Å². The Morgan fingerprint density at radius 2 is 1.20 bits per heavy atom. The monoisotopic (exact) mass is 349 g/mol. The summed E-state index contributed by atoms with van der Waals surface area (Å²) in [4.78, 5) is 0. The lowest BCUT2D eigenvalue weighted by atomic mass is 9.73. The highest BCUT2D eigenvalue weighted by Crippen LogP contribution is 2.37. The van der Waals surface area contributed by atoms with Crippen LogP contribution in [-0.4, -0.2) is 17.8 Å². The quantitative estimate of drug-likeness (QED) is 0.649. The highest BCUT2D eigenvalue weighted by atomic mass is 14.7. The molecular formula is C22H43N3. The number of nitrogens with one attached hydrogen (secondary N) is 1. The number of hydrogen-bond donors (Lipinski definition) is 3. The summed E-state index contributed by atoms with van der Waals surface area (Å²) in [5.74, 6) is 3.35. The molecule has 0 radical (unpaired) electrons. The van der Waals surface area contributed by atoms with Crippen LogP contribution in [0.1, 0.15) is 97.3 Å². The van der Waals surface area contributed by atoms with E-state index in [0.717, 1.165) is 43.2 Å². The van der Waals surface area contributed by atoms with Gasteiger partial charge in [-0.05, 0) is 62.2 Å². The molecule has 0 amide bonds. The number of hydrogen-bond acceptors (Lipinski definition) is 3. The van der Waals surface area contributed by atoms with Crippen molar-refractivity contribution < 1.29 is 0 Å². The van der Waals surface area contributed by atoms with Gasteiger partial charge in [-0.2, -0.15) is 0 Å². The van der Waals surface area contributed by atoms with Gasteiger partial charge < -0.3 is 16.9 Å². The molecular weight excluding hydrogens is 306 g/mol. The average molecular weight is 350 g/mol. The van der Waals surface area contributed by atoms with Gasteiger partial charge in [0.05, 0.1) is 0 Å². The van der Waals surface area contributed by atoms with Gasteiger partial charge in [-0.25, -0.2) is 0 Å². The molecule has 3 heteroatoms. The normalized spacial score (nSPS) is 37.3. The molecule has 3 nitrogen and oxygen atoms in total. The molecule has 0 aromatic carbocycles. The van der Waals surface area contributed by atoms with Gasteiger partial charge in [0, 0.05) is 17.8 Å². The molecule has 5 N–H and O–H groups in total. The van der Waals surface area contributed by atoms with Crippen LogP contribution in [0.3, 0.4) is 0 Å². The Morgan fingerprint density at radius 3 is 1.64 bits per heavy atom. The van der Waals surface area contributed by atoms with Crippen LogP contribution >= 0.6 is 0 Å². The topological polar surface area (TPSA) is 75.9 Å². The summed E-state index contributed by atoms with van der Waals surface area (Å²) >= 11 is 0. The fourth-order valence-electron chi connectivity index (χ4n) is 5.44. The molecule has 25 heavy (non-hydrogen) atoms. The fourth-order valence-corrected chi connectivity index (χ4v) is 5.44. The van der Waals surface area contributed by atoms with E-state index in [2.05, 4.69) is 13.8 Å². The van der Waals surface area contributed by atoms with E-state index in [1.54, 1.807) is 0 Å². The van der Waals surface area contributed by atoms with Crippen LogP contribution < -0.4 is 11.5 Å². The van der Waals surface area contributed by atoms with E-state index in [-0.39, 0.29) is 0 Å². The molecule has 146 valence electrons. The van der Waals surface area contributed by atoms with Gasteiger partial charge in [0.15, 0.2) is 0 Å². The molecule has 3 saturated carbocycles. The maximum Gasteiger partial charge on any atom is 0.00893 e. The molecule has 0 saturated heterocycles. The second-order valence-corrected chi connectivity index (χ2v) is 8.97. The summed E-state index contributed by atoms with van der Waals surface area (Å²) in [5.41, 5.74) is 13.1. The lowest BCUT2D eigenvalue weighted by molar-refractivity contribution is 0.197. The molecule has 3 aliphatic carbocycles. The molecule has 4 unspecified atom stereocenters. The molecule has 0 heterocycles. The molecule has 0 bridgehead atoms. The fraction of sp³-hybridized carbons (Fsp3) is 0.955. The van der Waals surface area contributed by atoms with Crippen LogP contribution in [0.5, 0.6) is 0 Å². The minimum absolute atomic E-state index is 0.403. The zero-order chi connectivity index (χ0) is 18.2. The van der Waals surface area contributed by atoms with Crippen molar-refractivity contribution >= 4 is 5.71 Å². The van der Waals surface area contributed by atoms with Crippen LogP contribution in [0.4, 0.5) is 0 Å². The molecule has 3 fully saturated rings. The first-order chi connectivity index (χ1) is 12.0. The van der Waals surface area contributed by atoms with Crippen molar-refractivity contribution in [3.05, 3.63) is 0 Å². The van der Waals surface area contributed by atoms with Gasteiger partial charge >= 0.3 is 0 Å². The van der Waals surface area contributed by atoms with Crippen LogP contribution in [-0.2, 0) is 0 Å². The van der Waals surface area contributed by atoms with Gasteiger partial charge in [0.1, 0.15) is 0 Å². The smallest absolute Gasteiger partial charge is 0.00893 e. The third-order valence-electron chi connectivity index (χ3n) is 7.36. The van der Waals surface area contributed by atoms with E-state index in [4.69, 9.17) is 16.9 Å². The summed E-state index contributed by atoms with van der Waals surface area (Å²) in [6.45, 7) is 4.42. The van der Waals surface area contributed by atoms with Crippen molar-refractivity contribution in [2.45, 2.75) is 109 Å². The second-order valence-electron chi connectivity index (χ2n) is 8.97. The van der Waals surface area contributed by atoms with E-state index < -0.39 is 0 Å². The number of rotatable bonds is 3. The summed E-state index contributed by atoms with van der Waals surface area (Å²) < 4.78 is 0.